The minimum absolute atomic E-state index is 0.00102. The summed E-state index contributed by atoms with van der Waals surface area (Å²) in [4.78, 5) is 12.1. The molecule has 2 aliphatic carbocycles. The van der Waals surface area contributed by atoms with Crippen LogP contribution < -0.4 is 0 Å². The number of carbonyl (C=O) groups is 1. The summed E-state index contributed by atoms with van der Waals surface area (Å²) in [5.41, 5.74) is 1.35. The fourth-order valence-electron chi connectivity index (χ4n) is 3.05. The second-order valence-electron chi connectivity index (χ2n) is 5.40. The molecule has 100 valence electrons. The molecule has 18 heavy (non-hydrogen) atoms. The summed E-state index contributed by atoms with van der Waals surface area (Å²) in [6.45, 7) is 4.11. The van der Waals surface area contributed by atoms with Crippen LogP contribution in [0.1, 0.15) is 52.4 Å². The van der Waals surface area contributed by atoms with Crippen LogP contribution in [0.25, 0.3) is 0 Å². The van der Waals surface area contributed by atoms with Gasteiger partial charge in [0.2, 0.25) is 0 Å². The molecule has 2 rings (SSSR count). The van der Waals surface area contributed by atoms with Crippen molar-refractivity contribution >= 4 is 5.97 Å². The van der Waals surface area contributed by atoms with Crippen molar-refractivity contribution in [1.82, 2.24) is 0 Å². The van der Waals surface area contributed by atoms with Gasteiger partial charge in [-0.1, -0.05) is 32.1 Å². The van der Waals surface area contributed by atoms with E-state index in [0.717, 1.165) is 25.7 Å². The lowest BCUT2D eigenvalue weighted by Gasteiger charge is -2.33. The third-order valence-electron chi connectivity index (χ3n) is 4.28. The Morgan fingerprint density at radius 3 is 2.89 bits per heavy atom. The molecular formula is C16H24O2. The molecule has 2 heteroatoms. The third-order valence-corrected chi connectivity index (χ3v) is 4.28. The molecule has 2 aliphatic rings. The van der Waals surface area contributed by atoms with Gasteiger partial charge in [-0.05, 0) is 50.0 Å². The second kappa shape index (κ2) is 6.21. The maximum absolute atomic E-state index is 12.1. The Morgan fingerprint density at radius 1 is 1.39 bits per heavy atom. The summed E-state index contributed by atoms with van der Waals surface area (Å²) in [6, 6.07) is 0. The van der Waals surface area contributed by atoms with Crippen LogP contribution in [0.15, 0.2) is 23.8 Å². The van der Waals surface area contributed by atoms with Gasteiger partial charge in [0.15, 0.2) is 0 Å². The van der Waals surface area contributed by atoms with E-state index in [1.165, 1.54) is 18.4 Å². The summed E-state index contributed by atoms with van der Waals surface area (Å²) in [6.07, 6.45) is 12.8. The summed E-state index contributed by atoms with van der Waals surface area (Å²) in [5, 5.41) is 0. The molecule has 0 aromatic carbocycles. The zero-order chi connectivity index (χ0) is 13.0. The molecule has 2 nitrogen and oxygen atoms in total. The smallest absolute Gasteiger partial charge is 0.309 e. The number of hydrogen-bond donors (Lipinski definition) is 0. The van der Waals surface area contributed by atoms with E-state index in [-0.39, 0.29) is 18.0 Å². The Morgan fingerprint density at radius 2 is 2.17 bits per heavy atom. The Labute approximate surface area is 110 Å². The number of fused-ring (bicyclic) bond motifs is 1. The molecule has 0 amide bonds. The summed E-state index contributed by atoms with van der Waals surface area (Å²) in [7, 11) is 0. The van der Waals surface area contributed by atoms with Gasteiger partial charge in [0.25, 0.3) is 0 Å². The molecule has 0 N–H and O–H groups in total. The van der Waals surface area contributed by atoms with E-state index >= 15 is 0 Å². The summed E-state index contributed by atoms with van der Waals surface area (Å²) in [5.74, 6) is 0.689. The lowest BCUT2D eigenvalue weighted by Crippen LogP contribution is -2.31. The number of hydrogen-bond acceptors (Lipinski definition) is 2. The Balaban J connectivity index is 2.01. The average Bonchev–Trinajstić information content (AvgIpc) is 2.40. The molecule has 0 aliphatic heterocycles. The van der Waals surface area contributed by atoms with E-state index in [9.17, 15) is 4.79 Å². The van der Waals surface area contributed by atoms with Crippen LogP contribution in [0, 0.1) is 11.8 Å². The predicted molar refractivity (Wildman–Crippen MR) is 73.1 cm³/mol. The van der Waals surface area contributed by atoms with Gasteiger partial charge in [0.1, 0.15) is 6.10 Å². The molecule has 2 atom stereocenters. The number of esters is 1. The van der Waals surface area contributed by atoms with Crippen molar-refractivity contribution in [3.8, 4) is 0 Å². The van der Waals surface area contributed by atoms with Crippen LogP contribution in [0.2, 0.25) is 0 Å². The largest absolute Gasteiger partial charge is 0.458 e. The van der Waals surface area contributed by atoms with Crippen molar-refractivity contribution in [3.63, 3.8) is 0 Å². The highest BCUT2D eigenvalue weighted by molar-refractivity contribution is 5.72. The molecule has 0 heterocycles. The van der Waals surface area contributed by atoms with Gasteiger partial charge in [-0.25, -0.2) is 0 Å². The van der Waals surface area contributed by atoms with Crippen molar-refractivity contribution in [2.45, 2.75) is 58.5 Å². The Hall–Kier alpha value is -1.05. The molecule has 0 spiro atoms. The first-order valence-electron chi connectivity index (χ1n) is 7.33. The first-order valence-corrected chi connectivity index (χ1v) is 7.33. The fraction of sp³-hybridized carbons (Fsp3) is 0.688. The minimum atomic E-state index is 0.00102. The van der Waals surface area contributed by atoms with E-state index in [1.54, 1.807) is 0 Å². The molecule has 1 fully saturated rings. The molecule has 0 bridgehead atoms. The van der Waals surface area contributed by atoms with Gasteiger partial charge in [0, 0.05) is 0 Å². The summed E-state index contributed by atoms with van der Waals surface area (Å²) < 4.78 is 5.76. The topological polar surface area (TPSA) is 26.3 Å². The quantitative estimate of drug-likeness (QED) is 0.702. The molecule has 0 aromatic rings. The molecular weight excluding hydrogens is 224 g/mol. The van der Waals surface area contributed by atoms with Crippen molar-refractivity contribution in [3.05, 3.63) is 23.8 Å². The highest BCUT2D eigenvalue weighted by Crippen LogP contribution is 2.36. The SMILES string of the molecule is CCC(CC)C(=O)OC1CCCC2CC=CC=C21. The zero-order valence-electron chi connectivity index (χ0n) is 11.5. The van der Waals surface area contributed by atoms with Crippen LogP contribution in [0.5, 0.6) is 0 Å². The minimum Gasteiger partial charge on any atom is -0.458 e. The molecule has 0 radical (unpaired) electrons. The van der Waals surface area contributed by atoms with Gasteiger partial charge in [-0.3, -0.25) is 4.79 Å². The lowest BCUT2D eigenvalue weighted by molar-refractivity contribution is -0.153. The van der Waals surface area contributed by atoms with Crippen LogP contribution >= 0.6 is 0 Å². The van der Waals surface area contributed by atoms with Crippen LogP contribution in [0.4, 0.5) is 0 Å². The van der Waals surface area contributed by atoms with Crippen molar-refractivity contribution in [1.29, 1.82) is 0 Å². The molecule has 0 saturated heterocycles. The third kappa shape index (κ3) is 2.85. The Bertz CT molecular complexity index is 350. The van der Waals surface area contributed by atoms with Gasteiger partial charge < -0.3 is 4.74 Å². The second-order valence-corrected chi connectivity index (χ2v) is 5.40. The highest BCUT2D eigenvalue weighted by Gasteiger charge is 2.31. The predicted octanol–water partition coefficient (Wildman–Crippen LogP) is 4.02. The average molecular weight is 248 g/mol. The molecule has 1 saturated carbocycles. The van der Waals surface area contributed by atoms with Crippen molar-refractivity contribution in [2.24, 2.45) is 11.8 Å². The lowest BCUT2D eigenvalue weighted by atomic mass is 9.78. The monoisotopic (exact) mass is 248 g/mol. The van der Waals surface area contributed by atoms with Crippen molar-refractivity contribution < 1.29 is 9.53 Å². The number of allylic oxidation sites excluding steroid dienone is 3. The maximum Gasteiger partial charge on any atom is 0.309 e. The Kier molecular flexibility index (Phi) is 4.62. The first-order chi connectivity index (χ1) is 8.76. The number of carbonyl (C=O) groups excluding carboxylic acids is 1. The molecule has 2 unspecified atom stereocenters. The van der Waals surface area contributed by atoms with E-state index in [1.807, 2.05) is 0 Å². The van der Waals surface area contributed by atoms with Gasteiger partial charge in [0.05, 0.1) is 5.92 Å². The van der Waals surface area contributed by atoms with E-state index in [4.69, 9.17) is 4.74 Å². The number of rotatable bonds is 4. The normalized spacial score (nSPS) is 26.7. The van der Waals surface area contributed by atoms with Gasteiger partial charge >= 0.3 is 5.97 Å². The van der Waals surface area contributed by atoms with Gasteiger partial charge in [-0.15, -0.1) is 0 Å². The highest BCUT2D eigenvalue weighted by atomic mass is 16.5. The van der Waals surface area contributed by atoms with E-state index in [0.29, 0.717) is 5.92 Å². The standard InChI is InChI=1S/C16H24O2/c1-3-12(4-2)16(17)18-15-11-7-9-13-8-5-6-10-14(13)15/h5-6,10,12-13,15H,3-4,7-9,11H2,1-2H3. The molecule has 0 aromatic heterocycles. The van der Waals surface area contributed by atoms with Crippen LogP contribution in [0.3, 0.4) is 0 Å². The maximum atomic E-state index is 12.1. The van der Waals surface area contributed by atoms with E-state index in [2.05, 4.69) is 32.1 Å². The van der Waals surface area contributed by atoms with E-state index < -0.39 is 0 Å². The van der Waals surface area contributed by atoms with Gasteiger partial charge in [-0.2, -0.15) is 0 Å². The van der Waals surface area contributed by atoms with Crippen LogP contribution in [-0.4, -0.2) is 12.1 Å². The fourth-order valence-corrected chi connectivity index (χ4v) is 3.05. The van der Waals surface area contributed by atoms with Crippen molar-refractivity contribution in [2.75, 3.05) is 0 Å². The summed E-state index contributed by atoms with van der Waals surface area (Å²) >= 11 is 0. The van der Waals surface area contributed by atoms with Crippen LogP contribution in [-0.2, 0) is 9.53 Å². The number of ether oxygens (including phenoxy) is 1. The first kappa shape index (κ1) is 13.4. The zero-order valence-corrected chi connectivity index (χ0v) is 11.5.